The van der Waals surface area contributed by atoms with Gasteiger partial charge in [-0.05, 0) is 50.1 Å². The van der Waals surface area contributed by atoms with E-state index in [9.17, 15) is 4.79 Å². The van der Waals surface area contributed by atoms with Crippen molar-refractivity contribution in [1.29, 1.82) is 0 Å². The molecule has 0 aliphatic heterocycles. The SMILES string of the molecule is Cc1nn(-c2ccc(Cl)cc2)c2sc(C(=O)NC3CCCCCC3)cc12. The summed E-state index contributed by atoms with van der Waals surface area (Å²) in [4.78, 5) is 14.5. The molecule has 1 amide bonds. The van der Waals surface area contributed by atoms with Gasteiger partial charge in [0, 0.05) is 16.5 Å². The highest BCUT2D eigenvalue weighted by molar-refractivity contribution is 7.20. The summed E-state index contributed by atoms with van der Waals surface area (Å²) in [6.45, 7) is 1.98. The van der Waals surface area contributed by atoms with Gasteiger partial charge in [0.25, 0.3) is 5.91 Å². The van der Waals surface area contributed by atoms with Crippen molar-refractivity contribution in [3.63, 3.8) is 0 Å². The summed E-state index contributed by atoms with van der Waals surface area (Å²) < 4.78 is 1.90. The molecule has 2 aromatic heterocycles. The van der Waals surface area contributed by atoms with Crippen molar-refractivity contribution in [2.45, 2.75) is 51.5 Å². The zero-order chi connectivity index (χ0) is 18.1. The van der Waals surface area contributed by atoms with Crippen LogP contribution in [-0.2, 0) is 0 Å². The van der Waals surface area contributed by atoms with E-state index in [0.717, 1.165) is 39.3 Å². The largest absolute Gasteiger partial charge is 0.349 e. The van der Waals surface area contributed by atoms with Gasteiger partial charge in [-0.25, -0.2) is 4.68 Å². The Kier molecular flexibility index (Phi) is 5.00. The van der Waals surface area contributed by atoms with E-state index >= 15 is 0 Å². The van der Waals surface area contributed by atoms with Crippen molar-refractivity contribution < 1.29 is 4.79 Å². The monoisotopic (exact) mass is 387 g/mol. The van der Waals surface area contributed by atoms with Crippen LogP contribution in [0.5, 0.6) is 0 Å². The second-order valence-corrected chi connectivity index (χ2v) is 8.43. The highest BCUT2D eigenvalue weighted by Gasteiger charge is 2.20. The Morgan fingerprint density at radius 2 is 1.88 bits per heavy atom. The average Bonchev–Trinajstić information content (AvgIpc) is 3.09. The summed E-state index contributed by atoms with van der Waals surface area (Å²) in [6, 6.07) is 9.88. The van der Waals surface area contributed by atoms with Crippen LogP contribution in [0.15, 0.2) is 30.3 Å². The zero-order valence-electron chi connectivity index (χ0n) is 14.8. The minimum Gasteiger partial charge on any atom is -0.349 e. The van der Waals surface area contributed by atoms with Crippen LogP contribution in [0.2, 0.25) is 5.02 Å². The first-order valence-electron chi connectivity index (χ1n) is 9.18. The molecule has 1 fully saturated rings. The van der Waals surface area contributed by atoms with Gasteiger partial charge in [0.2, 0.25) is 0 Å². The molecule has 1 N–H and O–H groups in total. The van der Waals surface area contributed by atoms with Crippen molar-refractivity contribution >= 4 is 39.1 Å². The van der Waals surface area contributed by atoms with Crippen LogP contribution < -0.4 is 5.32 Å². The highest BCUT2D eigenvalue weighted by atomic mass is 35.5. The summed E-state index contributed by atoms with van der Waals surface area (Å²) >= 11 is 7.49. The molecule has 4 nitrogen and oxygen atoms in total. The van der Waals surface area contributed by atoms with Crippen molar-refractivity contribution in [3.8, 4) is 5.69 Å². The minimum absolute atomic E-state index is 0.0418. The van der Waals surface area contributed by atoms with Gasteiger partial charge in [0.1, 0.15) is 4.83 Å². The zero-order valence-corrected chi connectivity index (χ0v) is 16.4. The van der Waals surface area contributed by atoms with E-state index in [4.69, 9.17) is 11.6 Å². The lowest BCUT2D eigenvalue weighted by molar-refractivity contribution is 0.0937. The molecular weight excluding hydrogens is 366 g/mol. The number of halogens is 1. The van der Waals surface area contributed by atoms with Crippen LogP contribution in [0.3, 0.4) is 0 Å². The molecule has 1 saturated carbocycles. The maximum Gasteiger partial charge on any atom is 0.261 e. The molecule has 26 heavy (non-hydrogen) atoms. The molecule has 0 saturated heterocycles. The van der Waals surface area contributed by atoms with E-state index < -0.39 is 0 Å². The topological polar surface area (TPSA) is 46.9 Å². The third-order valence-electron chi connectivity index (χ3n) is 5.03. The van der Waals surface area contributed by atoms with Crippen molar-refractivity contribution in [2.24, 2.45) is 0 Å². The molecule has 0 atom stereocenters. The standard InChI is InChI=1S/C20H22ClN3OS/c1-13-17-12-18(19(25)22-15-6-4-2-3-5-7-15)26-20(17)24(23-13)16-10-8-14(21)9-11-16/h8-12,15H,2-7H2,1H3,(H,22,25). The van der Waals surface area contributed by atoms with Gasteiger partial charge in [-0.15, -0.1) is 11.3 Å². The summed E-state index contributed by atoms with van der Waals surface area (Å²) in [7, 11) is 0. The number of nitrogens with one attached hydrogen (secondary N) is 1. The lowest BCUT2D eigenvalue weighted by Gasteiger charge is -2.15. The highest BCUT2D eigenvalue weighted by Crippen LogP contribution is 2.31. The van der Waals surface area contributed by atoms with Crippen LogP contribution in [0, 0.1) is 6.92 Å². The van der Waals surface area contributed by atoms with Gasteiger partial charge in [-0.2, -0.15) is 5.10 Å². The maximum atomic E-state index is 12.7. The number of aromatic nitrogens is 2. The van der Waals surface area contributed by atoms with E-state index in [0.29, 0.717) is 11.1 Å². The van der Waals surface area contributed by atoms with Crippen LogP contribution >= 0.6 is 22.9 Å². The molecule has 0 bridgehead atoms. The summed E-state index contributed by atoms with van der Waals surface area (Å²) in [5.41, 5.74) is 1.88. The van der Waals surface area contributed by atoms with Gasteiger partial charge >= 0.3 is 0 Å². The van der Waals surface area contributed by atoms with Crippen LogP contribution in [0.1, 0.15) is 53.9 Å². The van der Waals surface area contributed by atoms with Crippen LogP contribution in [-0.4, -0.2) is 21.7 Å². The van der Waals surface area contributed by atoms with Crippen LogP contribution in [0.25, 0.3) is 15.9 Å². The van der Waals surface area contributed by atoms with E-state index in [1.807, 2.05) is 41.9 Å². The normalized spacial score (nSPS) is 15.9. The van der Waals surface area contributed by atoms with Gasteiger partial charge in [0.05, 0.1) is 16.3 Å². The molecule has 4 rings (SSSR count). The maximum absolute atomic E-state index is 12.7. The molecule has 0 unspecified atom stereocenters. The van der Waals surface area contributed by atoms with Gasteiger partial charge in [-0.1, -0.05) is 37.3 Å². The third-order valence-corrected chi connectivity index (χ3v) is 6.39. The number of fused-ring (bicyclic) bond motifs is 1. The second kappa shape index (κ2) is 7.41. The summed E-state index contributed by atoms with van der Waals surface area (Å²) in [6.07, 6.45) is 7.17. The third kappa shape index (κ3) is 3.51. The number of benzene rings is 1. The van der Waals surface area contributed by atoms with E-state index in [1.165, 1.54) is 37.0 Å². The summed E-state index contributed by atoms with van der Waals surface area (Å²) in [5.74, 6) is 0.0418. The van der Waals surface area contributed by atoms with Crippen molar-refractivity contribution in [2.75, 3.05) is 0 Å². The molecule has 1 aliphatic rings. The Balaban J connectivity index is 1.62. The molecule has 136 valence electrons. The van der Waals surface area contributed by atoms with E-state index in [-0.39, 0.29) is 5.91 Å². The fraction of sp³-hybridized carbons (Fsp3) is 0.400. The Labute approximate surface area is 162 Å². The first kappa shape index (κ1) is 17.6. The second-order valence-electron chi connectivity index (χ2n) is 6.97. The first-order valence-corrected chi connectivity index (χ1v) is 10.4. The molecular formula is C20H22ClN3OS. The number of hydrogen-bond acceptors (Lipinski definition) is 3. The Morgan fingerprint density at radius 3 is 2.58 bits per heavy atom. The van der Waals surface area contributed by atoms with Crippen molar-refractivity contribution in [1.82, 2.24) is 15.1 Å². The number of amides is 1. The predicted octanol–water partition coefficient (Wildman–Crippen LogP) is 5.50. The number of hydrogen-bond donors (Lipinski definition) is 1. The molecule has 1 aliphatic carbocycles. The van der Waals surface area contributed by atoms with Gasteiger partial charge in [0.15, 0.2) is 0 Å². The number of carbonyl (C=O) groups excluding carboxylic acids is 1. The summed E-state index contributed by atoms with van der Waals surface area (Å²) in [5, 5.41) is 9.60. The van der Waals surface area contributed by atoms with E-state index in [1.54, 1.807) is 0 Å². The molecule has 3 aromatic rings. The molecule has 0 spiro atoms. The fourth-order valence-corrected chi connectivity index (χ4v) is 4.81. The number of carbonyl (C=O) groups is 1. The Hall–Kier alpha value is -1.85. The quantitative estimate of drug-likeness (QED) is 0.603. The number of rotatable bonds is 3. The molecule has 6 heteroatoms. The van der Waals surface area contributed by atoms with Gasteiger partial charge < -0.3 is 5.32 Å². The Bertz CT molecular complexity index is 921. The van der Waals surface area contributed by atoms with Crippen LogP contribution in [0.4, 0.5) is 0 Å². The molecule has 2 heterocycles. The number of thiophene rings is 1. The number of nitrogens with zero attached hydrogens (tertiary/aromatic N) is 2. The molecule has 0 radical (unpaired) electrons. The molecule has 1 aromatic carbocycles. The Morgan fingerprint density at radius 1 is 1.19 bits per heavy atom. The smallest absolute Gasteiger partial charge is 0.261 e. The lowest BCUT2D eigenvalue weighted by Crippen LogP contribution is -2.33. The first-order chi connectivity index (χ1) is 12.6. The van der Waals surface area contributed by atoms with Gasteiger partial charge in [-0.3, -0.25) is 4.79 Å². The average molecular weight is 388 g/mol. The van der Waals surface area contributed by atoms with Crippen molar-refractivity contribution in [3.05, 3.63) is 45.9 Å². The van der Waals surface area contributed by atoms with E-state index in [2.05, 4.69) is 10.4 Å². The number of aryl methyl sites for hydroxylation is 1. The minimum atomic E-state index is 0.0418. The fourth-order valence-electron chi connectivity index (χ4n) is 3.60. The predicted molar refractivity (Wildman–Crippen MR) is 108 cm³/mol. The lowest BCUT2D eigenvalue weighted by atomic mass is 10.1.